The van der Waals surface area contributed by atoms with Gasteiger partial charge in [0.1, 0.15) is 0 Å². The Bertz CT molecular complexity index is 588. The van der Waals surface area contributed by atoms with Crippen molar-refractivity contribution in [3.05, 3.63) is 58.6 Å². The minimum Gasteiger partial charge on any atom is -0.326 e. The molecule has 1 saturated carbocycles. The van der Waals surface area contributed by atoms with E-state index in [9.17, 15) is 0 Å². The van der Waals surface area contributed by atoms with Gasteiger partial charge in [0, 0.05) is 11.6 Å². The quantitative estimate of drug-likeness (QED) is 0.858. The fraction of sp³-hybridized carbons (Fsp3) is 0.294. The molecular formula is C17H18ClN. The van der Waals surface area contributed by atoms with Crippen molar-refractivity contribution in [2.75, 3.05) is 0 Å². The summed E-state index contributed by atoms with van der Waals surface area (Å²) < 4.78 is 0. The smallest absolute Gasteiger partial charge is 0.0457 e. The second-order valence-electron chi connectivity index (χ2n) is 5.26. The third kappa shape index (κ3) is 2.54. The fourth-order valence-electron chi connectivity index (χ4n) is 2.61. The Balaban J connectivity index is 1.94. The number of rotatable bonds is 3. The molecule has 0 amide bonds. The first-order valence-corrected chi connectivity index (χ1v) is 7.24. The molecule has 0 bridgehead atoms. The van der Waals surface area contributed by atoms with Crippen LogP contribution >= 0.6 is 11.6 Å². The maximum Gasteiger partial charge on any atom is 0.0457 e. The van der Waals surface area contributed by atoms with E-state index in [2.05, 4.69) is 30.3 Å². The first kappa shape index (κ1) is 12.7. The van der Waals surface area contributed by atoms with Crippen LogP contribution in [0.5, 0.6) is 0 Å². The van der Waals surface area contributed by atoms with E-state index in [-0.39, 0.29) is 0 Å². The van der Waals surface area contributed by atoms with Crippen LogP contribution in [0.25, 0.3) is 11.1 Å². The van der Waals surface area contributed by atoms with Gasteiger partial charge in [0.05, 0.1) is 0 Å². The lowest BCUT2D eigenvalue weighted by molar-refractivity contribution is 0.420. The highest BCUT2D eigenvalue weighted by atomic mass is 35.5. The molecule has 1 aliphatic rings. The maximum absolute atomic E-state index is 6.24. The highest BCUT2D eigenvalue weighted by Gasteiger charge is 2.19. The van der Waals surface area contributed by atoms with Crippen molar-refractivity contribution in [2.45, 2.75) is 31.7 Å². The number of nitrogens with two attached hydrogens (primary N) is 1. The van der Waals surface area contributed by atoms with E-state index >= 15 is 0 Å². The third-order valence-corrected chi connectivity index (χ3v) is 4.42. The van der Waals surface area contributed by atoms with Gasteiger partial charge in [-0.05, 0) is 47.1 Å². The van der Waals surface area contributed by atoms with Crippen molar-refractivity contribution in [1.29, 1.82) is 0 Å². The topological polar surface area (TPSA) is 26.0 Å². The predicted octanol–water partition coefficient (Wildman–Crippen LogP) is 4.73. The molecule has 2 aromatic carbocycles. The maximum atomic E-state index is 6.24. The van der Waals surface area contributed by atoms with Crippen LogP contribution in [0.4, 0.5) is 0 Å². The standard InChI is InChI=1S/C17H18ClN/c18-17-10-15(7-8-16(17)11-19)14-6-2-5-13(9-14)12-3-1-4-12/h2,5-10,12H,1,3-4,11,19H2. The summed E-state index contributed by atoms with van der Waals surface area (Å²) in [6.45, 7) is 0.487. The Morgan fingerprint density at radius 2 is 1.84 bits per heavy atom. The molecule has 19 heavy (non-hydrogen) atoms. The minimum absolute atomic E-state index is 0.487. The zero-order valence-electron chi connectivity index (χ0n) is 10.9. The molecule has 2 aromatic rings. The van der Waals surface area contributed by atoms with Crippen molar-refractivity contribution >= 4 is 11.6 Å². The van der Waals surface area contributed by atoms with Crippen LogP contribution in [0.1, 0.15) is 36.3 Å². The van der Waals surface area contributed by atoms with Crippen LogP contribution in [-0.4, -0.2) is 0 Å². The molecule has 0 spiro atoms. The van der Waals surface area contributed by atoms with Crippen LogP contribution < -0.4 is 5.73 Å². The van der Waals surface area contributed by atoms with Crippen molar-refractivity contribution in [2.24, 2.45) is 5.73 Å². The molecule has 0 aliphatic heterocycles. The summed E-state index contributed by atoms with van der Waals surface area (Å²) in [5, 5.41) is 0.758. The molecule has 2 heteroatoms. The van der Waals surface area contributed by atoms with E-state index < -0.39 is 0 Å². The average Bonchev–Trinajstić information content (AvgIpc) is 2.37. The summed E-state index contributed by atoms with van der Waals surface area (Å²) in [5.41, 5.74) is 10.5. The molecule has 98 valence electrons. The second kappa shape index (κ2) is 5.36. The monoisotopic (exact) mass is 271 g/mol. The van der Waals surface area contributed by atoms with Crippen LogP contribution in [0.2, 0.25) is 5.02 Å². The highest BCUT2D eigenvalue weighted by Crippen LogP contribution is 2.37. The van der Waals surface area contributed by atoms with Gasteiger partial charge in [-0.25, -0.2) is 0 Å². The summed E-state index contributed by atoms with van der Waals surface area (Å²) in [5.74, 6) is 0.763. The zero-order chi connectivity index (χ0) is 13.2. The molecule has 0 atom stereocenters. The first-order chi connectivity index (χ1) is 9.28. The Morgan fingerprint density at radius 3 is 2.47 bits per heavy atom. The molecule has 0 heterocycles. The second-order valence-corrected chi connectivity index (χ2v) is 5.67. The molecule has 0 aromatic heterocycles. The lowest BCUT2D eigenvalue weighted by atomic mass is 9.79. The molecule has 1 nitrogen and oxygen atoms in total. The summed E-state index contributed by atoms with van der Waals surface area (Å²) >= 11 is 6.24. The molecule has 1 fully saturated rings. The van der Waals surface area contributed by atoms with E-state index in [1.165, 1.54) is 36.0 Å². The van der Waals surface area contributed by atoms with Gasteiger partial charge >= 0.3 is 0 Å². The predicted molar refractivity (Wildman–Crippen MR) is 81.4 cm³/mol. The number of benzene rings is 2. The Morgan fingerprint density at radius 1 is 1.05 bits per heavy atom. The van der Waals surface area contributed by atoms with Gasteiger partial charge in [0.15, 0.2) is 0 Å². The van der Waals surface area contributed by atoms with Crippen molar-refractivity contribution in [1.82, 2.24) is 0 Å². The molecular weight excluding hydrogens is 254 g/mol. The van der Waals surface area contributed by atoms with Gasteiger partial charge in [-0.2, -0.15) is 0 Å². The molecule has 2 N–H and O–H groups in total. The number of hydrogen-bond donors (Lipinski definition) is 1. The highest BCUT2D eigenvalue weighted by molar-refractivity contribution is 6.31. The largest absolute Gasteiger partial charge is 0.326 e. The lowest BCUT2D eigenvalue weighted by Crippen LogP contribution is -2.08. The van der Waals surface area contributed by atoms with Crippen LogP contribution in [-0.2, 0) is 6.54 Å². The molecule has 3 rings (SSSR count). The zero-order valence-corrected chi connectivity index (χ0v) is 11.7. The van der Waals surface area contributed by atoms with Crippen molar-refractivity contribution in [3.63, 3.8) is 0 Å². The van der Waals surface area contributed by atoms with E-state index in [0.29, 0.717) is 6.54 Å². The van der Waals surface area contributed by atoms with Gasteiger partial charge in [0.25, 0.3) is 0 Å². The third-order valence-electron chi connectivity index (χ3n) is 4.07. The van der Waals surface area contributed by atoms with Crippen LogP contribution in [0.15, 0.2) is 42.5 Å². The summed E-state index contributed by atoms with van der Waals surface area (Å²) in [7, 11) is 0. The Kier molecular flexibility index (Phi) is 3.58. The Labute approximate surface area is 119 Å². The normalized spacial score (nSPS) is 15.3. The van der Waals surface area contributed by atoms with Gasteiger partial charge in [-0.3, -0.25) is 0 Å². The Hall–Kier alpha value is -1.31. The van der Waals surface area contributed by atoms with Crippen LogP contribution in [0, 0.1) is 0 Å². The van der Waals surface area contributed by atoms with E-state index in [0.717, 1.165) is 16.5 Å². The first-order valence-electron chi connectivity index (χ1n) is 6.87. The van der Waals surface area contributed by atoms with Gasteiger partial charge in [0.2, 0.25) is 0 Å². The van der Waals surface area contributed by atoms with Gasteiger partial charge < -0.3 is 5.73 Å². The van der Waals surface area contributed by atoms with Crippen molar-refractivity contribution in [3.8, 4) is 11.1 Å². The number of halogens is 1. The summed E-state index contributed by atoms with van der Waals surface area (Å²) in [6.07, 6.45) is 4.03. The number of hydrogen-bond acceptors (Lipinski definition) is 1. The lowest BCUT2D eigenvalue weighted by Gasteiger charge is -2.26. The molecule has 0 unspecified atom stereocenters. The molecule has 1 aliphatic carbocycles. The summed E-state index contributed by atoms with van der Waals surface area (Å²) in [6, 6.07) is 15.0. The van der Waals surface area contributed by atoms with Crippen molar-refractivity contribution < 1.29 is 0 Å². The fourth-order valence-corrected chi connectivity index (χ4v) is 2.86. The summed E-state index contributed by atoms with van der Waals surface area (Å²) in [4.78, 5) is 0. The van der Waals surface area contributed by atoms with Gasteiger partial charge in [-0.15, -0.1) is 0 Å². The van der Waals surface area contributed by atoms with E-state index in [4.69, 9.17) is 17.3 Å². The van der Waals surface area contributed by atoms with Crippen LogP contribution in [0.3, 0.4) is 0 Å². The average molecular weight is 272 g/mol. The van der Waals surface area contributed by atoms with E-state index in [1.54, 1.807) is 0 Å². The van der Waals surface area contributed by atoms with Gasteiger partial charge in [-0.1, -0.05) is 54.4 Å². The minimum atomic E-state index is 0.487. The SMILES string of the molecule is NCc1ccc(-c2cccc(C3CCC3)c2)cc1Cl. The van der Waals surface area contributed by atoms with E-state index in [1.807, 2.05) is 12.1 Å². The molecule has 0 saturated heterocycles. The molecule has 0 radical (unpaired) electrons.